The molecular formula is C40H65N7O19S. The Hall–Kier alpha value is -4.49. The van der Waals surface area contributed by atoms with Gasteiger partial charge in [-0.3, -0.25) is 42.4 Å². The lowest BCUT2D eigenvalue weighted by Gasteiger charge is -2.34. The Morgan fingerprint density at radius 3 is 2.04 bits per heavy atom. The third-order valence-electron chi connectivity index (χ3n) is 11.9. The van der Waals surface area contributed by atoms with Crippen molar-refractivity contribution in [1.29, 1.82) is 0 Å². The first-order valence-corrected chi connectivity index (χ1v) is 23.1. The molecule has 1 aromatic rings. The molecule has 13 atom stereocenters. The maximum absolute atomic E-state index is 14.6. The minimum Gasteiger partial charge on any atom is -0.504 e. The molecule has 4 rings (SSSR count). The second kappa shape index (κ2) is 24.2. The molecule has 0 bridgehead atoms. The van der Waals surface area contributed by atoms with Gasteiger partial charge in [0.25, 0.3) is 11.2 Å². The van der Waals surface area contributed by atoms with Crippen LogP contribution in [0.4, 0.5) is 0 Å². The van der Waals surface area contributed by atoms with Gasteiger partial charge in [-0.25, -0.2) is 0 Å². The number of rotatable bonds is 14. The van der Waals surface area contributed by atoms with E-state index in [-0.39, 0.29) is 51.3 Å². The van der Waals surface area contributed by atoms with E-state index in [0.717, 1.165) is 21.9 Å². The largest absolute Gasteiger partial charge is 0.504 e. The van der Waals surface area contributed by atoms with E-state index in [4.69, 9.17) is 0 Å². The first kappa shape index (κ1) is 55.1. The van der Waals surface area contributed by atoms with Crippen LogP contribution in [-0.2, 0) is 35.2 Å². The number of hydrogen-bond donors (Lipinski definition) is 17. The van der Waals surface area contributed by atoms with Crippen molar-refractivity contribution in [1.82, 2.24) is 36.4 Å². The second-order valence-electron chi connectivity index (χ2n) is 17.5. The smallest absolute Gasteiger partial charge is 0.266 e. The fourth-order valence-corrected chi connectivity index (χ4v) is 8.49. The summed E-state index contributed by atoms with van der Waals surface area (Å²) >= 11 is -4.68. The van der Waals surface area contributed by atoms with Crippen LogP contribution in [0.3, 0.4) is 0 Å². The van der Waals surface area contributed by atoms with Gasteiger partial charge in [0.15, 0.2) is 11.5 Å². The number of aliphatic hydroxyl groups excluding tert-OH is 8. The van der Waals surface area contributed by atoms with Crippen molar-refractivity contribution in [3.8, 4) is 11.5 Å². The van der Waals surface area contributed by atoms with Gasteiger partial charge >= 0.3 is 0 Å². The minimum atomic E-state index is -4.68. The molecule has 6 amide bonds. The first-order chi connectivity index (χ1) is 31.4. The van der Waals surface area contributed by atoms with Crippen molar-refractivity contribution < 1.29 is 92.6 Å². The van der Waals surface area contributed by atoms with E-state index in [0.29, 0.717) is 0 Å². The number of phenols is 1. The van der Waals surface area contributed by atoms with Crippen LogP contribution < -0.4 is 30.8 Å². The first-order valence-electron chi connectivity index (χ1n) is 21.7. The normalized spacial score (nSPS) is 30.3. The van der Waals surface area contributed by atoms with Gasteiger partial charge in [0.1, 0.15) is 30.2 Å². The molecule has 3 aliphatic rings. The second-order valence-corrected chi connectivity index (χ2v) is 18.6. The number of phenolic OH excluding ortho intramolecular Hbond substituents is 1. The summed E-state index contributed by atoms with van der Waals surface area (Å²) in [5.41, 5.74) is -0.0204. The molecule has 17 N–H and O–H groups in total. The van der Waals surface area contributed by atoms with Gasteiger partial charge in [0.2, 0.25) is 35.4 Å². The maximum Gasteiger partial charge on any atom is 0.266 e. The number of β-amino-alcohol motifs (C(OH)–C–C–N with tert-alkyl or cyclic N) is 1. The molecule has 380 valence electrons. The third kappa shape index (κ3) is 14.8. The Balaban J connectivity index is 1.82. The Labute approximate surface area is 387 Å². The van der Waals surface area contributed by atoms with Gasteiger partial charge in [-0.1, -0.05) is 19.9 Å². The molecule has 0 unspecified atom stereocenters. The standard InChI is InChI=1S/C40H65N7O19S/c1-18-8-23(51)13-42-38(60)33-34(56)19(2)14-47(33)40(62)32(27(54)6-7-41-12-22(16-48)17-49)45-37(59)31(28(55)9-21-4-5-26(53)29(10-21)66-67(63,64)65)44-36(58)25-11-24(52)15-46(25)39(61)30(20(3)50)43-35(18)57/h4-5,10,18-20,22-25,27-28,30-34,41,48-56,63-65H,6-9,11-17H2,1-3H3,(H,42,60)(H,43,57)(H,44,58)(H,45,59)/t18-,19-,20+,23+,24+,25-,27+,28+,30-,31-,32-,33-,34-/m0/s1. The van der Waals surface area contributed by atoms with Crippen LogP contribution in [0.5, 0.6) is 11.5 Å². The highest BCUT2D eigenvalue weighted by molar-refractivity contribution is 8.15. The van der Waals surface area contributed by atoms with E-state index in [1.54, 1.807) is 0 Å². The lowest BCUT2D eigenvalue weighted by Crippen LogP contribution is -2.64. The lowest BCUT2D eigenvalue weighted by atomic mass is 9.98. The van der Waals surface area contributed by atoms with Crippen molar-refractivity contribution in [2.45, 2.75) is 113 Å². The molecule has 0 aromatic heterocycles. The van der Waals surface area contributed by atoms with Crippen molar-refractivity contribution >= 4 is 46.6 Å². The molecule has 3 heterocycles. The predicted molar refractivity (Wildman–Crippen MR) is 232 cm³/mol. The van der Waals surface area contributed by atoms with Crippen LogP contribution in [0.1, 0.15) is 45.6 Å². The van der Waals surface area contributed by atoms with Crippen LogP contribution in [0, 0.1) is 17.8 Å². The number of carbonyl (C=O) groups excluding carboxylic acids is 6. The number of aromatic hydroxyl groups is 1. The predicted octanol–water partition coefficient (Wildman–Crippen LogP) is -5.72. The van der Waals surface area contributed by atoms with Crippen molar-refractivity contribution in [3.63, 3.8) is 0 Å². The number of fused-ring (bicyclic) bond motifs is 2. The summed E-state index contributed by atoms with van der Waals surface area (Å²) in [6.45, 7) is 1.98. The highest BCUT2D eigenvalue weighted by Gasteiger charge is 2.49. The monoisotopic (exact) mass is 979 g/mol. The van der Waals surface area contributed by atoms with Gasteiger partial charge < -0.3 is 86.5 Å². The zero-order chi connectivity index (χ0) is 50.1. The molecule has 67 heavy (non-hydrogen) atoms. The number of nitrogens with one attached hydrogen (secondary N) is 5. The quantitative estimate of drug-likeness (QED) is 0.0772. The average Bonchev–Trinajstić information content (AvgIpc) is 3.80. The molecule has 0 spiro atoms. The molecule has 3 saturated heterocycles. The molecule has 0 aliphatic carbocycles. The molecule has 26 nitrogen and oxygen atoms in total. The maximum atomic E-state index is 14.6. The fraction of sp³-hybridized carbons (Fsp3) is 0.700. The molecule has 3 fully saturated rings. The molecule has 0 radical (unpaired) electrons. The van der Waals surface area contributed by atoms with Crippen LogP contribution in [0.25, 0.3) is 0 Å². The summed E-state index contributed by atoms with van der Waals surface area (Å²) in [5.74, 6) is -10.3. The van der Waals surface area contributed by atoms with E-state index >= 15 is 0 Å². The van der Waals surface area contributed by atoms with Gasteiger partial charge in [0, 0.05) is 70.0 Å². The number of carbonyl (C=O) groups is 6. The van der Waals surface area contributed by atoms with Gasteiger partial charge in [0.05, 0.1) is 36.6 Å². The summed E-state index contributed by atoms with van der Waals surface area (Å²) in [6, 6.07) is -6.04. The number of benzene rings is 1. The number of amides is 6. The highest BCUT2D eigenvalue weighted by Crippen LogP contribution is 2.40. The molecule has 3 aliphatic heterocycles. The van der Waals surface area contributed by atoms with Crippen LogP contribution >= 0.6 is 11.2 Å². The summed E-state index contributed by atoms with van der Waals surface area (Å²) < 4.78 is 32.9. The van der Waals surface area contributed by atoms with Crippen LogP contribution in [-0.4, -0.2) is 218 Å². The van der Waals surface area contributed by atoms with E-state index in [9.17, 15) is 88.4 Å². The van der Waals surface area contributed by atoms with Crippen LogP contribution in [0.2, 0.25) is 0 Å². The zero-order valence-corrected chi connectivity index (χ0v) is 37.9. The van der Waals surface area contributed by atoms with Gasteiger partial charge in [-0.15, -0.1) is 0 Å². The van der Waals surface area contributed by atoms with Crippen molar-refractivity contribution in [2.75, 3.05) is 45.9 Å². The molecule has 27 heteroatoms. The SMILES string of the molecule is C[C@H]1C[C@@H](O)CNC(=O)[C@@H]2[C@@H](O)[C@@H](C)CN2C(=O)[C@H]([C@H](O)CCNCC(CO)CO)NC(=O)[C@H]([C@H](O)Cc2ccc(O)c(OS(O)(O)O)c2)NC(=O)[C@@H]2C[C@@H](O)CN2C(=O)[C@H]([C@@H](C)O)NC1=O. The molecular weight excluding hydrogens is 915 g/mol. The van der Waals surface area contributed by atoms with Crippen molar-refractivity contribution in [3.05, 3.63) is 23.8 Å². The van der Waals surface area contributed by atoms with E-state index in [1.807, 2.05) is 0 Å². The Kier molecular flexibility index (Phi) is 19.9. The Bertz CT molecular complexity index is 1890. The fourth-order valence-electron chi connectivity index (χ4n) is 8.11. The summed E-state index contributed by atoms with van der Waals surface area (Å²) in [4.78, 5) is 86.3. The van der Waals surface area contributed by atoms with Crippen LogP contribution in [0.15, 0.2) is 18.2 Å². The zero-order valence-electron chi connectivity index (χ0n) is 37.1. The van der Waals surface area contributed by atoms with E-state index < -0.39 is 169 Å². The molecule has 1 aromatic carbocycles. The average molecular weight is 980 g/mol. The van der Waals surface area contributed by atoms with E-state index in [2.05, 4.69) is 30.8 Å². The lowest BCUT2D eigenvalue weighted by molar-refractivity contribution is -0.147. The van der Waals surface area contributed by atoms with E-state index in [1.165, 1.54) is 26.8 Å². The summed E-state index contributed by atoms with van der Waals surface area (Å²) in [5, 5.41) is 108. The number of nitrogens with zero attached hydrogens (tertiary/aromatic N) is 2. The number of aliphatic hydroxyl groups is 8. The summed E-state index contributed by atoms with van der Waals surface area (Å²) in [6.07, 6.45) is -11.4. The third-order valence-corrected chi connectivity index (χ3v) is 12.3. The minimum absolute atomic E-state index is 0.0204. The topological polar surface area (TPSA) is 421 Å². The molecule has 0 saturated carbocycles. The Morgan fingerprint density at radius 1 is 0.791 bits per heavy atom. The summed E-state index contributed by atoms with van der Waals surface area (Å²) in [7, 11) is 0. The van der Waals surface area contributed by atoms with Crippen molar-refractivity contribution in [2.24, 2.45) is 17.8 Å². The van der Waals surface area contributed by atoms with Gasteiger partial charge in [-0.05, 0) is 44.0 Å². The highest BCUT2D eigenvalue weighted by atomic mass is 32.3. The Morgan fingerprint density at radius 2 is 1.42 bits per heavy atom. The number of hydrogen-bond acceptors (Lipinski definition) is 20. The van der Waals surface area contributed by atoms with Gasteiger partial charge in [-0.2, -0.15) is 0 Å².